The maximum atomic E-state index is 6.52. The highest BCUT2D eigenvalue weighted by Crippen LogP contribution is 2.46. The minimum absolute atomic E-state index is 0.706. The summed E-state index contributed by atoms with van der Waals surface area (Å²) in [5.41, 5.74) is 12.5. The van der Waals surface area contributed by atoms with Crippen LogP contribution in [0, 0.1) is 0 Å². The highest BCUT2D eigenvalue weighted by Gasteiger charge is 2.24. The zero-order chi connectivity index (χ0) is 38.6. The summed E-state index contributed by atoms with van der Waals surface area (Å²) in [4.78, 5) is 10.2. The van der Waals surface area contributed by atoms with E-state index in [1.165, 1.54) is 32.3 Å². The molecule has 0 aliphatic carbocycles. The number of hydrogen-bond donors (Lipinski definition) is 0. The number of hydrogen-bond acceptors (Lipinski definition) is 3. The molecule has 59 heavy (non-hydrogen) atoms. The first kappa shape index (κ1) is 32.1. The van der Waals surface area contributed by atoms with E-state index in [9.17, 15) is 0 Å². The van der Waals surface area contributed by atoms with Crippen LogP contribution in [0.4, 0.5) is 0 Å². The standard InChI is InChI=1S/C54H32N4O/c1-2-14-34(15-3-1)52-38-18-6-9-21-42(38)55-54(56-52)35-25-27-36(28-26-35)57-44-22-10-7-19-39(44)49-45(57)30-31-46-50(49)41-29-32-48-51(40-20-8-11-24-47(40)59-48)53(41)58(46)43-23-12-16-33-13-4-5-17-37(33)43/h1-32H. The van der Waals surface area contributed by atoms with E-state index in [1.54, 1.807) is 0 Å². The monoisotopic (exact) mass is 752 g/mol. The van der Waals surface area contributed by atoms with Crippen LogP contribution < -0.4 is 0 Å². The van der Waals surface area contributed by atoms with Crippen LogP contribution in [-0.2, 0) is 0 Å². The van der Waals surface area contributed by atoms with Gasteiger partial charge < -0.3 is 13.6 Å². The predicted octanol–water partition coefficient (Wildman–Crippen LogP) is 14.2. The Bertz CT molecular complexity index is 3830. The van der Waals surface area contributed by atoms with Gasteiger partial charge in [-0.1, -0.05) is 121 Å². The van der Waals surface area contributed by atoms with Crippen molar-refractivity contribution in [2.75, 3.05) is 0 Å². The first-order valence-corrected chi connectivity index (χ1v) is 20.0. The van der Waals surface area contributed by atoms with Crippen LogP contribution in [0.2, 0.25) is 0 Å². The Hall–Kier alpha value is -8.02. The number of benzene rings is 9. The third kappa shape index (κ3) is 4.61. The molecule has 0 N–H and O–H groups in total. The third-order valence-electron chi connectivity index (χ3n) is 12.1. The summed E-state index contributed by atoms with van der Waals surface area (Å²) in [6.45, 7) is 0. The molecule has 0 fully saturated rings. The minimum Gasteiger partial charge on any atom is -0.456 e. The molecule has 5 nitrogen and oxygen atoms in total. The Morgan fingerprint density at radius 2 is 1.05 bits per heavy atom. The minimum atomic E-state index is 0.706. The summed E-state index contributed by atoms with van der Waals surface area (Å²) in [7, 11) is 0. The molecule has 9 aromatic carbocycles. The molecule has 13 aromatic rings. The fraction of sp³-hybridized carbons (Fsp3) is 0. The van der Waals surface area contributed by atoms with E-state index in [0.29, 0.717) is 5.82 Å². The second-order valence-electron chi connectivity index (χ2n) is 15.3. The van der Waals surface area contributed by atoms with Crippen molar-refractivity contribution in [1.29, 1.82) is 0 Å². The SMILES string of the molecule is c1ccc(-c2nc(-c3ccc(-n4c5ccccc5c5c6c7ccc8oc9ccccc9c8c7n(-c7cccc8ccccc78)c6ccc54)cc3)nc3ccccc23)cc1. The molecule has 0 bridgehead atoms. The molecule has 0 amide bonds. The van der Waals surface area contributed by atoms with Crippen LogP contribution in [0.5, 0.6) is 0 Å². The van der Waals surface area contributed by atoms with Gasteiger partial charge in [0.15, 0.2) is 5.82 Å². The van der Waals surface area contributed by atoms with Crippen LogP contribution >= 0.6 is 0 Å². The molecule has 0 unspecified atom stereocenters. The summed E-state index contributed by atoms with van der Waals surface area (Å²) in [5, 5.41) is 10.5. The van der Waals surface area contributed by atoms with Crippen molar-refractivity contribution in [3.05, 3.63) is 194 Å². The zero-order valence-electron chi connectivity index (χ0n) is 31.7. The van der Waals surface area contributed by atoms with Gasteiger partial charge in [0.2, 0.25) is 0 Å². The van der Waals surface area contributed by atoms with Gasteiger partial charge in [0.05, 0.1) is 44.4 Å². The predicted molar refractivity (Wildman–Crippen MR) is 244 cm³/mol. The zero-order valence-corrected chi connectivity index (χ0v) is 31.7. The molecule has 0 saturated heterocycles. The van der Waals surface area contributed by atoms with Crippen molar-refractivity contribution in [1.82, 2.24) is 19.1 Å². The van der Waals surface area contributed by atoms with Crippen LogP contribution in [0.15, 0.2) is 199 Å². The van der Waals surface area contributed by atoms with E-state index in [1.807, 2.05) is 24.3 Å². The number of nitrogens with zero attached hydrogens (tertiary/aromatic N) is 4. The van der Waals surface area contributed by atoms with Gasteiger partial charge in [-0.25, -0.2) is 9.97 Å². The molecule has 4 aromatic heterocycles. The Labute approximate surface area is 337 Å². The molecule has 4 heterocycles. The van der Waals surface area contributed by atoms with E-state index in [4.69, 9.17) is 14.4 Å². The van der Waals surface area contributed by atoms with Gasteiger partial charge in [-0.3, -0.25) is 0 Å². The summed E-state index contributed by atoms with van der Waals surface area (Å²) in [5.74, 6) is 0.706. The van der Waals surface area contributed by atoms with Crippen molar-refractivity contribution < 1.29 is 4.42 Å². The lowest BCUT2D eigenvalue weighted by molar-refractivity contribution is 0.669. The second kappa shape index (κ2) is 12.2. The van der Waals surface area contributed by atoms with Gasteiger partial charge in [0, 0.05) is 54.5 Å². The lowest BCUT2D eigenvalue weighted by atomic mass is 10.0. The number of aromatic nitrogens is 4. The summed E-state index contributed by atoms with van der Waals surface area (Å²) < 4.78 is 11.4. The van der Waals surface area contributed by atoms with Gasteiger partial charge in [-0.05, 0) is 78.2 Å². The molecule has 0 aliphatic heterocycles. The average molecular weight is 753 g/mol. The maximum Gasteiger partial charge on any atom is 0.160 e. The Kier molecular flexibility index (Phi) is 6.66. The highest BCUT2D eigenvalue weighted by molar-refractivity contribution is 6.33. The summed E-state index contributed by atoms with van der Waals surface area (Å²) >= 11 is 0. The lowest BCUT2D eigenvalue weighted by Gasteiger charge is -2.13. The largest absolute Gasteiger partial charge is 0.456 e. The molecule has 0 spiro atoms. The first-order valence-electron chi connectivity index (χ1n) is 20.0. The number of furan rings is 1. The van der Waals surface area contributed by atoms with E-state index in [-0.39, 0.29) is 0 Å². The topological polar surface area (TPSA) is 48.8 Å². The first-order chi connectivity index (χ1) is 29.3. The average Bonchev–Trinajstić information content (AvgIpc) is 3.96. The Balaban J connectivity index is 1.08. The van der Waals surface area contributed by atoms with E-state index in [2.05, 4.69) is 179 Å². The van der Waals surface area contributed by atoms with Gasteiger partial charge in [0.1, 0.15) is 11.2 Å². The van der Waals surface area contributed by atoms with Crippen LogP contribution in [-0.4, -0.2) is 19.1 Å². The number of rotatable bonds is 4. The molecule has 0 saturated carbocycles. The second-order valence-corrected chi connectivity index (χ2v) is 15.3. The fourth-order valence-electron chi connectivity index (χ4n) is 9.57. The Morgan fingerprint density at radius 1 is 0.373 bits per heavy atom. The molecular weight excluding hydrogens is 721 g/mol. The number of para-hydroxylation sites is 3. The van der Waals surface area contributed by atoms with Gasteiger partial charge in [0.25, 0.3) is 0 Å². The quantitative estimate of drug-likeness (QED) is 0.180. The summed E-state index contributed by atoms with van der Waals surface area (Å²) in [6, 6.07) is 68.8. The van der Waals surface area contributed by atoms with Crippen molar-refractivity contribution in [2.45, 2.75) is 0 Å². The molecule has 13 rings (SSSR count). The van der Waals surface area contributed by atoms with E-state index < -0.39 is 0 Å². The maximum absolute atomic E-state index is 6.52. The van der Waals surface area contributed by atoms with E-state index in [0.717, 1.165) is 83.1 Å². The highest BCUT2D eigenvalue weighted by atomic mass is 16.3. The van der Waals surface area contributed by atoms with Gasteiger partial charge in [-0.15, -0.1) is 0 Å². The van der Waals surface area contributed by atoms with E-state index >= 15 is 0 Å². The number of fused-ring (bicyclic) bond motifs is 13. The third-order valence-corrected chi connectivity index (χ3v) is 12.1. The van der Waals surface area contributed by atoms with Gasteiger partial charge >= 0.3 is 0 Å². The normalized spacial score (nSPS) is 12.1. The smallest absolute Gasteiger partial charge is 0.160 e. The molecule has 0 atom stereocenters. The molecule has 5 heteroatoms. The molecule has 0 radical (unpaired) electrons. The van der Waals surface area contributed by atoms with Crippen molar-refractivity contribution in [3.8, 4) is 34.0 Å². The van der Waals surface area contributed by atoms with Crippen LogP contribution in [0.3, 0.4) is 0 Å². The van der Waals surface area contributed by atoms with Crippen LogP contribution in [0.25, 0.3) is 121 Å². The van der Waals surface area contributed by atoms with Crippen molar-refractivity contribution in [2.24, 2.45) is 0 Å². The Morgan fingerprint density at radius 3 is 1.92 bits per heavy atom. The molecular formula is C54H32N4O. The van der Waals surface area contributed by atoms with Crippen molar-refractivity contribution >= 4 is 87.2 Å². The molecule has 0 aliphatic rings. The summed E-state index contributed by atoms with van der Waals surface area (Å²) in [6.07, 6.45) is 0. The van der Waals surface area contributed by atoms with Gasteiger partial charge in [-0.2, -0.15) is 0 Å². The fourth-order valence-corrected chi connectivity index (χ4v) is 9.57. The lowest BCUT2D eigenvalue weighted by Crippen LogP contribution is -1.97. The molecule has 274 valence electrons. The van der Waals surface area contributed by atoms with Crippen molar-refractivity contribution in [3.63, 3.8) is 0 Å². The van der Waals surface area contributed by atoms with Crippen LogP contribution in [0.1, 0.15) is 0 Å².